The van der Waals surface area contributed by atoms with Gasteiger partial charge in [0.25, 0.3) is 17.7 Å². The van der Waals surface area contributed by atoms with Gasteiger partial charge in [0, 0.05) is 34.2 Å². The third kappa shape index (κ3) is 8.99. The van der Waals surface area contributed by atoms with Crippen molar-refractivity contribution in [1.29, 1.82) is 0 Å². The lowest BCUT2D eigenvalue weighted by molar-refractivity contribution is -0.120. The van der Waals surface area contributed by atoms with Crippen LogP contribution >= 0.6 is 23.4 Å². The van der Waals surface area contributed by atoms with Gasteiger partial charge in [-0.05, 0) is 74.7 Å². The molecule has 0 aliphatic carbocycles. The highest BCUT2D eigenvalue weighted by Gasteiger charge is 2.38. The Morgan fingerprint density at radius 1 is 1.12 bits per heavy atom. The standard InChI is InChI=1S/C36H35ClF3N5O6S/c1-35(2,3)50-33(47)41-27-19-52-29-16-26(38)25(15-28(29)45(32(27)46)17-21-8-10-24(37)11-9-21)30-42-31(51-43-30)23-7-4-6-22(14-23)18-49-34(48)44-13-5-12-36(39,40)20-44/h4,6-11,14-16,27H,5,12-13,17-20H2,1-3H3,(H,41,47)/t27-/m0/s1. The number of carbonyl (C=O) groups is 3. The van der Waals surface area contributed by atoms with Crippen LogP contribution in [0, 0.1) is 5.82 Å². The minimum atomic E-state index is -2.95. The highest BCUT2D eigenvalue weighted by molar-refractivity contribution is 7.99. The zero-order valence-electron chi connectivity index (χ0n) is 28.5. The third-order valence-electron chi connectivity index (χ3n) is 8.11. The summed E-state index contributed by atoms with van der Waals surface area (Å²) in [5.41, 5.74) is 1.26. The fourth-order valence-corrected chi connectivity index (χ4v) is 6.89. The van der Waals surface area contributed by atoms with E-state index >= 15 is 4.39 Å². The molecule has 274 valence electrons. The maximum atomic E-state index is 15.8. The van der Waals surface area contributed by atoms with Gasteiger partial charge in [-0.1, -0.05) is 41.0 Å². The van der Waals surface area contributed by atoms with Crippen LogP contribution in [-0.2, 0) is 27.4 Å². The fraction of sp³-hybridized carbons (Fsp3) is 0.361. The van der Waals surface area contributed by atoms with Crippen LogP contribution in [0.4, 0.5) is 28.4 Å². The van der Waals surface area contributed by atoms with Crippen molar-refractivity contribution in [2.24, 2.45) is 0 Å². The molecule has 52 heavy (non-hydrogen) atoms. The number of halogens is 4. The Kier molecular flexibility index (Phi) is 10.7. The van der Waals surface area contributed by atoms with E-state index in [2.05, 4.69) is 15.5 Å². The van der Waals surface area contributed by atoms with E-state index < -0.39 is 48.0 Å². The van der Waals surface area contributed by atoms with Crippen molar-refractivity contribution in [3.63, 3.8) is 0 Å². The summed E-state index contributed by atoms with van der Waals surface area (Å²) in [6.45, 7) is 4.53. The molecule has 0 bridgehead atoms. The minimum Gasteiger partial charge on any atom is -0.445 e. The predicted molar refractivity (Wildman–Crippen MR) is 188 cm³/mol. The second-order valence-electron chi connectivity index (χ2n) is 13.4. The molecule has 3 aromatic carbocycles. The topological polar surface area (TPSA) is 127 Å². The summed E-state index contributed by atoms with van der Waals surface area (Å²) in [5, 5.41) is 7.19. The quantitative estimate of drug-likeness (QED) is 0.199. The molecular weight excluding hydrogens is 723 g/mol. The number of piperidine rings is 1. The Labute approximate surface area is 306 Å². The van der Waals surface area contributed by atoms with Crippen LogP contribution in [0.15, 0.2) is 70.1 Å². The molecule has 3 amide bonds. The molecule has 2 aliphatic heterocycles. The Hall–Kier alpha value is -4.76. The molecule has 1 aromatic heterocycles. The molecule has 4 aromatic rings. The van der Waals surface area contributed by atoms with Gasteiger partial charge in [-0.15, -0.1) is 11.8 Å². The van der Waals surface area contributed by atoms with Gasteiger partial charge in [0.05, 0.1) is 24.3 Å². The SMILES string of the molecule is CC(C)(C)OC(=O)N[C@H]1CSc2cc(F)c(-c3noc(-c4cccc(COC(=O)N5CCCC(F)(F)C5)c4)n3)cc2N(Cc2ccc(Cl)cc2)C1=O. The van der Waals surface area contributed by atoms with E-state index in [9.17, 15) is 23.2 Å². The van der Waals surface area contributed by atoms with Crippen LogP contribution in [0.1, 0.15) is 44.7 Å². The normalized spacial score (nSPS) is 17.3. The van der Waals surface area contributed by atoms with Crippen molar-refractivity contribution in [3.05, 3.63) is 82.6 Å². The van der Waals surface area contributed by atoms with E-state index in [0.717, 1.165) is 10.5 Å². The first-order chi connectivity index (χ1) is 24.6. The van der Waals surface area contributed by atoms with Gasteiger partial charge in [0.2, 0.25) is 5.82 Å². The maximum Gasteiger partial charge on any atom is 0.410 e. The summed E-state index contributed by atoms with van der Waals surface area (Å²) in [7, 11) is 0. The van der Waals surface area contributed by atoms with Gasteiger partial charge < -0.3 is 29.1 Å². The van der Waals surface area contributed by atoms with Crippen molar-refractivity contribution in [2.75, 3.05) is 23.7 Å². The van der Waals surface area contributed by atoms with E-state index in [4.69, 9.17) is 25.6 Å². The lowest BCUT2D eigenvalue weighted by atomic mass is 10.1. The molecule has 6 rings (SSSR count). The summed E-state index contributed by atoms with van der Waals surface area (Å²) >= 11 is 7.30. The number of benzene rings is 3. The molecule has 2 aliphatic rings. The zero-order valence-corrected chi connectivity index (χ0v) is 30.0. The lowest BCUT2D eigenvalue weighted by Gasteiger charge is -2.31. The molecule has 0 spiro atoms. The number of alkyl halides is 2. The molecular formula is C36H35ClF3N5O6S. The number of likely N-dealkylation sites (tertiary alicyclic amines) is 1. The molecule has 0 radical (unpaired) electrons. The summed E-state index contributed by atoms with van der Waals surface area (Å²) in [6, 6.07) is 15.3. The number of anilines is 1. The fourth-order valence-electron chi connectivity index (χ4n) is 5.68. The van der Waals surface area contributed by atoms with E-state index in [0.29, 0.717) is 26.7 Å². The van der Waals surface area contributed by atoms with Crippen LogP contribution in [0.25, 0.3) is 22.8 Å². The Morgan fingerprint density at radius 3 is 2.62 bits per heavy atom. The number of amides is 3. The average molecular weight is 758 g/mol. The number of hydrogen-bond acceptors (Lipinski definition) is 9. The first-order valence-corrected chi connectivity index (χ1v) is 17.7. The second kappa shape index (κ2) is 15.1. The first kappa shape index (κ1) is 37.0. The Morgan fingerprint density at radius 2 is 1.88 bits per heavy atom. The van der Waals surface area contributed by atoms with Crippen LogP contribution in [0.2, 0.25) is 5.02 Å². The zero-order chi connectivity index (χ0) is 37.2. The Bertz CT molecular complexity index is 1970. The van der Waals surface area contributed by atoms with Gasteiger partial charge in [-0.25, -0.2) is 22.8 Å². The van der Waals surface area contributed by atoms with Gasteiger partial charge in [-0.2, -0.15) is 4.98 Å². The van der Waals surface area contributed by atoms with E-state index in [-0.39, 0.29) is 55.6 Å². The van der Waals surface area contributed by atoms with Crippen LogP contribution in [-0.4, -0.2) is 69.5 Å². The highest BCUT2D eigenvalue weighted by Crippen LogP contribution is 2.40. The van der Waals surface area contributed by atoms with Gasteiger partial charge in [0.1, 0.15) is 24.1 Å². The molecule has 1 N–H and O–H groups in total. The third-order valence-corrected chi connectivity index (χ3v) is 9.50. The van der Waals surface area contributed by atoms with Crippen molar-refractivity contribution in [1.82, 2.24) is 20.4 Å². The molecule has 0 saturated carbocycles. The number of hydrogen-bond donors (Lipinski definition) is 1. The van der Waals surface area contributed by atoms with Crippen molar-refractivity contribution < 1.29 is 41.6 Å². The molecule has 16 heteroatoms. The first-order valence-electron chi connectivity index (χ1n) is 16.4. The molecule has 1 atom stereocenters. The summed E-state index contributed by atoms with van der Waals surface area (Å²) < 4.78 is 59.5. The van der Waals surface area contributed by atoms with Crippen molar-refractivity contribution in [3.8, 4) is 22.8 Å². The molecule has 11 nitrogen and oxygen atoms in total. The van der Waals surface area contributed by atoms with E-state index in [1.54, 1.807) is 69.3 Å². The molecule has 0 unspecified atom stereocenters. The molecule has 1 saturated heterocycles. The van der Waals surface area contributed by atoms with Gasteiger partial charge in [0.15, 0.2) is 0 Å². The predicted octanol–water partition coefficient (Wildman–Crippen LogP) is 8.10. The number of carbonyl (C=O) groups excluding carboxylic acids is 3. The minimum absolute atomic E-state index is 0.0368. The van der Waals surface area contributed by atoms with E-state index in [1.807, 2.05) is 0 Å². The number of alkyl carbamates (subject to hydrolysis) is 1. The number of ether oxygens (including phenoxy) is 2. The van der Waals surface area contributed by atoms with Gasteiger partial charge >= 0.3 is 12.2 Å². The van der Waals surface area contributed by atoms with Gasteiger partial charge in [-0.3, -0.25) is 4.79 Å². The number of aromatic nitrogens is 2. The van der Waals surface area contributed by atoms with Crippen LogP contribution in [0.5, 0.6) is 0 Å². The number of fused-ring (bicyclic) bond motifs is 1. The van der Waals surface area contributed by atoms with E-state index in [1.165, 1.54) is 28.8 Å². The summed E-state index contributed by atoms with van der Waals surface area (Å²) in [5.74, 6) is -3.99. The average Bonchev–Trinajstić information content (AvgIpc) is 3.54. The second-order valence-corrected chi connectivity index (χ2v) is 14.9. The highest BCUT2D eigenvalue weighted by atomic mass is 35.5. The number of nitrogens with one attached hydrogen (secondary N) is 1. The lowest BCUT2D eigenvalue weighted by Crippen LogP contribution is -2.50. The summed E-state index contributed by atoms with van der Waals surface area (Å²) in [4.78, 5) is 46.5. The van der Waals surface area contributed by atoms with Crippen molar-refractivity contribution >= 4 is 47.1 Å². The Balaban J connectivity index is 1.24. The molecule has 3 heterocycles. The van der Waals surface area contributed by atoms with Crippen LogP contribution in [0.3, 0.4) is 0 Å². The summed E-state index contributed by atoms with van der Waals surface area (Å²) in [6.07, 6.45) is -1.68. The number of thioether (sulfide) groups is 1. The van der Waals surface area contributed by atoms with Crippen molar-refractivity contribution in [2.45, 2.75) is 69.2 Å². The molecule has 1 fully saturated rings. The monoisotopic (exact) mass is 757 g/mol. The van der Waals surface area contributed by atoms with Crippen LogP contribution < -0.4 is 10.2 Å². The smallest absolute Gasteiger partial charge is 0.410 e. The largest absolute Gasteiger partial charge is 0.445 e. The number of nitrogens with zero attached hydrogens (tertiary/aromatic N) is 4. The number of rotatable bonds is 7. The maximum absolute atomic E-state index is 15.8.